The number of aliphatic carboxylic acids is 1. The molecule has 0 aromatic carbocycles. The molecule has 56 valence electrons. The van der Waals surface area contributed by atoms with Crippen molar-refractivity contribution in [3.05, 3.63) is 0 Å². The van der Waals surface area contributed by atoms with Gasteiger partial charge in [-0.15, -0.1) is 0 Å². The summed E-state index contributed by atoms with van der Waals surface area (Å²) in [6.45, 7) is 0. The van der Waals surface area contributed by atoms with E-state index in [0.717, 1.165) is 0 Å². The molecule has 0 aliphatic heterocycles. The predicted octanol–water partition coefficient (Wildman–Crippen LogP) is -0.539. The third-order valence-electron chi connectivity index (χ3n) is 0.514. The lowest BCUT2D eigenvalue weighted by Gasteiger charge is -1.96. The number of carboxylic acids is 1. The molecule has 0 bridgehead atoms. The van der Waals surface area contributed by atoms with Crippen molar-refractivity contribution in [1.29, 1.82) is 0 Å². The Balaban J connectivity index is 0. The second-order valence-corrected chi connectivity index (χ2v) is 1.49. The van der Waals surface area contributed by atoms with Gasteiger partial charge in [-0.3, -0.25) is 9.45 Å². The number of halogens is 1. The zero-order valence-corrected chi connectivity index (χ0v) is 6.14. The number of carboxylic acid groups (broad SMARTS) is 1. The number of carbonyl (C=O) groups is 1. The van der Waals surface area contributed by atoms with E-state index in [1.165, 1.54) is 0 Å². The van der Waals surface area contributed by atoms with Crippen LogP contribution in [0.5, 0.6) is 0 Å². The normalized spacial score (nSPS) is 11.1. The minimum absolute atomic E-state index is 0.190. The van der Waals surface area contributed by atoms with Gasteiger partial charge < -0.3 is 10.8 Å². The molecule has 0 aliphatic carbocycles. The first kappa shape index (κ1) is 11.8. The molecule has 1 atom stereocenters. The van der Waals surface area contributed by atoms with E-state index in [9.17, 15) is 4.79 Å². The van der Waals surface area contributed by atoms with Crippen molar-refractivity contribution >= 4 is 30.5 Å². The summed E-state index contributed by atoms with van der Waals surface area (Å²) < 4.78 is 6.47. The summed E-state index contributed by atoms with van der Waals surface area (Å²) in [5, 5.41) is 8.01. The lowest BCUT2D eigenvalue weighted by atomic mass is 10.4. The molecule has 0 aromatic heterocycles. The summed E-state index contributed by atoms with van der Waals surface area (Å²) in [6.07, 6.45) is 0. The molecule has 0 fully saturated rings. The summed E-state index contributed by atoms with van der Waals surface area (Å²) in [7, 11) is 0. The third kappa shape index (κ3) is 8.03. The first-order valence-electron chi connectivity index (χ1n) is 1.94. The Hall–Kier alpha value is 0.0300. The third-order valence-corrected chi connectivity index (χ3v) is 0.907. The Morgan fingerprint density at radius 1 is 1.78 bits per heavy atom. The van der Waals surface area contributed by atoms with Crippen molar-refractivity contribution in [3.8, 4) is 0 Å². The molecule has 0 aromatic rings. The van der Waals surface area contributed by atoms with E-state index in [0.29, 0.717) is 0 Å². The fourth-order valence-electron chi connectivity index (χ4n) is 0.0781. The number of hydrogen-bond acceptors (Lipinski definition) is 4. The van der Waals surface area contributed by atoms with E-state index in [1.54, 1.807) is 0 Å². The Kier molecular flexibility index (Phi) is 10.5. The maximum absolute atomic E-state index is 9.76. The van der Waals surface area contributed by atoms with Crippen LogP contribution in [0.15, 0.2) is 0 Å². The molecule has 0 spiro atoms. The molecule has 0 saturated carbocycles. The molecule has 0 heterocycles. The number of rotatable bonds is 2. The van der Waals surface area contributed by atoms with Gasteiger partial charge in [-0.2, -0.15) is 12.6 Å². The molecular weight excluding hydrogens is 166 g/mol. The zero-order chi connectivity index (χ0) is 7.86. The Bertz CT molecular complexity index is 81.5. The minimum atomic E-state index is -1.00. The van der Waals surface area contributed by atoms with E-state index < -0.39 is 12.0 Å². The van der Waals surface area contributed by atoms with Crippen LogP contribution < -0.4 is 5.73 Å². The second-order valence-electron chi connectivity index (χ2n) is 1.13. The fraction of sp³-hybridized carbons (Fsp3) is 0.667. The fourth-order valence-corrected chi connectivity index (χ4v) is 0.234. The Morgan fingerprint density at radius 3 is 2.11 bits per heavy atom. The standard InChI is InChI=1S/C3H7NO2S.ClHO/c4-2(1-7)3(5)6;1-2/h2,7H,1,4H2,(H,5,6);2H. The van der Waals surface area contributed by atoms with Gasteiger partial charge in [0, 0.05) is 5.75 Å². The molecule has 0 aliphatic rings. The average Bonchev–Trinajstić information content (AvgIpc) is 1.91. The summed E-state index contributed by atoms with van der Waals surface area (Å²) in [5.41, 5.74) is 4.94. The number of thiol groups is 1. The molecule has 0 rings (SSSR count). The molecule has 0 amide bonds. The van der Waals surface area contributed by atoms with Gasteiger partial charge >= 0.3 is 5.97 Å². The average molecular weight is 174 g/mol. The largest absolute Gasteiger partial charge is 0.480 e. The van der Waals surface area contributed by atoms with Crippen LogP contribution in [0.25, 0.3) is 0 Å². The van der Waals surface area contributed by atoms with Gasteiger partial charge in [-0.05, 0) is 0 Å². The van der Waals surface area contributed by atoms with Gasteiger partial charge in [0.1, 0.15) is 6.04 Å². The highest BCUT2D eigenvalue weighted by atomic mass is 35.5. The highest BCUT2D eigenvalue weighted by Crippen LogP contribution is 1.80. The molecule has 4 nitrogen and oxygen atoms in total. The maximum Gasteiger partial charge on any atom is 0.321 e. The van der Waals surface area contributed by atoms with E-state index in [2.05, 4.69) is 24.5 Å². The van der Waals surface area contributed by atoms with Crippen LogP contribution in [0.2, 0.25) is 0 Å². The monoisotopic (exact) mass is 173 g/mol. The quantitative estimate of drug-likeness (QED) is 0.423. The van der Waals surface area contributed by atoms with Crippen LogP contribution in [-0.2, 0) is 4.79 Å². The van der Waals surface area contributed by atoms with Crippen LogP contribution in [-0.4, -0.2) is 27.5 Å². The van der Waals surface area contributed by atoms with Gasteiger partial charge in [0.05, 0.1) is 11.9 Å². The number of nitrogens with two attached hydrogens (primary N) is 1. The predicted molar refractivity (Wildman–Crippen MR) is 37.5 cm³/mol. The van der Waals surface area contributed by atoms with Crippen LogP contribution in [0, 0.1) is 0 Å². The Labute approximate surface area is 63.2 Å². The van der Waals surface area contributed by atoms with Crippen molar-refractivity contribution < 1.29 is 14.6 Å². The van der Waals surface area contributed by atoms with Gasteiger partial charge in [-0.1, -0.05) is 0 Å². The van der Waals surface area contributed by atoms with Gasteiger partial charge in [0.15, 0.2) is 0 Å². The van der Waals surface area contributed by atoms with Crippen molar-refractivity contribution in [2.24, 2.45) is 5.73 Å². The van der Waals surface area contributed by atoms with Crippen molar-refractivity contribution in [3.63, 3.8) is 0 Å². The zero-order valence-electron chi connectivity index (χ0n) is 4.49. The molecule has 6 heteroatoms. The van der Waals surface area contributed by atoms with Gasteiger partial charge in [0.2, 0.25) is 0 Å². The lowest BCUT2D eigenvalue weighted by molar-refractivity contribution is -0.137. The van der Waals surface area contributed by atoms with Gasteiger partial charge in [-0.25, -0.2) is 0 Å². The molecule has 4 N–H and O–H groups in total. The summed E-state index contributed by atoms with van der Waals surface area (Å²) in [4.78, 5) is 9.76. The summed E-state index contributed by atoms with van der Waals surface area (Å²) >= 11 is 7.29. The molecule has 9 heavy (non-hydrogen) atoms. The van der Waals surface area contributed by atoms with Gasteiger partial charge in [0.25, 0.3) is 0 Å². The highest BCUT2D eigenvalue weighted by molar-refractivity contribution is 7.80. The first-order valence-corrected chi connectivity index (χ1v) is 2.91. The van der Waals surface area contributed by atoms with E-state index in [-0.39, 0.29) is 5.75 Å². The SMILES string of the molecule is NC(CS)C(=O)O.OCl. The van der Waals surface area contributed by atoms with E-state index in [4.69, 9.17) is 15.5 Å². The van der Waals surface area contributed by atoms with E-state index in [1.807, 2.05) is 0 Å². The minimum Gasteiger partial charge on any atom is -0.480 e. The van der Waals surface area contributed by atoms with Crippen LogP contribution >= 0.6 is 24.5 Å². The molecule has 0 saturated heterocycles. The smallest absolute Gasteiger partial charge is 0.321 e. The van der Waals surface area contributed by atoms with Crippen LogP contribution in [0.1, 0.15) is 0 Å². The van der Waals surface area contributed by atoms with Crippen molar-refractivity contribution in [1.82, 2.24) is 0 Å². The lowest BCUT2D eigenvalue weighted by Crippen LogP contribution is -2.31. The van der Waals surface area contributed by atoms with E-state index >= 15 is 0 Å². The first-order chi connectivity index (χ1) is 4.18. The van der Waals surface area contributed by atoms with Crippen molar-refractivity contribution in [2.75, 3.05) is 5.75 Å². The number of hydrogen-bond donors (Lipinski definition) is 4. The summed E-state index contributed by atoms with van der Waals surface area (Å²) in [6, 6.07) is -0.816. The second kappa shape index (κ2) is 8.03. The van der Waals surface area contributed by atoms with Crippen molar-refractivity contribution in [2.45, 2.75) is 6.04 Å². The molecule has 1 unspecified atom stereocenters. The summed E-state index contributed by atoms with van der Waals surface area (Å²) in [5.74, 6) is -0.815. The molecular formula is C3H8ClNO3S. The molecule has 0 radical (unpaired) electrons. The Morgan fingerprint density at radius 2 is 2.11 bits per heavy atom. The topological polar surface area (TPSA) is 83.6 Å². The highest BCUT2D eigenvalue weighted by Gasteiger charge is 2.06. The van der Waals surface area contributed by atoms with Crippen LogP contribution in [0.4, 0.5) is 0 Å². The maximum atomic E-state index is 9.76. The van der Waals surface area contributed by atoms with Crippen LogP contribution in [0.3, 0.4) is 0 Å².